The molecule has 1 fully saturated rings. The van der Waals surface area contributed by atoms with E-state index in [1.165, 1.54) is 30.8 Å². The highest BCUT2D eigenvalue weighted by molar-refractivity contribution is 5.95. The van der Waals surface area contributed by atoms with Crippen LogP contribution in [0.4, 0.5) is 11.4 Å². The van der Waals surface area contributed by atoms with Crippen LogP contribution in [-0.2, 0) is 4.79 Å². The molecule has 1 saturated heterocycles. The van der Waals surface area contributed by atoms with Crippen LogP contribution in [0.5, 0.6) is 0 Å². The first kappa shape index (κ1) is 16.6. The summed E-state index contributed by atoms with van der Waals surface area (Å²) in [5.74, 6) is -0.0618. The smallest absolute Gasteiger partial charge is 0.221 e. The van der Waals surface area contributed by atoms with Crippen LogP contribution in [-0.4, -0.2) is 24.0 Å². The van der Waals surface area contributed by atoms with E-state index in [9.17, 15) is 4.79 Å². The van der Waals surface area contributed by atoms with Crippen LogP contribution < -0.4 is 10.2 Å². The molecule has 0 aliphatic carbocycles. The maximum Gasteiger partial charge on any atom is 0.221 e. The molecule has 1 aliphatic rings. The molecular formula is C22H23N3O. The Bertz CT molecular complexity index is 974. The van der Waals surface area contributed by atoms with Gasteiger partial charge < -0.3 is 10.2 Å². The number of rotatable bonds is 3. The highest BCUT2D eigenvalue weighted by Gasteiger charge is 2.16. The maximum atomic E-state index is 11.3. The summed E-state index contributed by atoms with van der Waals surface area (Å²) < 4.78 is 0. The molecule has 0 bridgehead atoms. The fourth-order valence-corrected chi connectivity index (χ4v) is 3.72. The molecule has 0 atom stereocenters. The summed E-state index contributed by atoms with van der Waals surface area (Å²) in [6.45, 7) is 5.83. The van der Waals surface area contributed by atoms with Crippen molar-refractivity contribution in [2.45, 2.75) is 26.7 Å². The predicted octanol–water partition coefficient (Wildman–Crippen LogP) is 4.77. The van der Waals surface area contributed by atoms with E-state index in [1.54, 1.807) is 0 Å². The molecule has 4 rings (SSSR count). The molecule has 2 aromatic carbocycles. The van der Waals surface area contributed by atoms with Crippen LogP contribution >= 0.6 is 0 Å². The third kappa shape index (κ3) is 3.27. The standard InChI is InChI=1S/C22H23N3O/c1-15-12-22(25-10-3-4-11-25)20-9-8-18(14-21(20)23-15)17-6-5-7-19(13-17)24-16(2)26/h5-9,12-14H,3-4,10-11H2,1-2H3,(H,24,26). The number of nitrogens with one attached hydrogen (secondary N) is 1. The van der Waals surface area contributed by atoms with Crippen molar-refractivity contribution in [1.29, 1.82) is 0 Å². The predicted molar refractivity (Wildman–Crippen MR) is 108 cm³/mol. The van der Waals surface area contributed by atoms with Crippen molar-refractivity contribution in [1.82, 2.24) is 4.98 Å². The SMILES string of the molecule is CC(=O)Nc1cccc(-c2ccc3c(N4CCCC4)cc(C)nc3c2)c1. The Hall–Kier alpha value is -2.88. The second-order valence-corrected chi connectivity index (χ2v) is 6.97. The molecule has 4 heteroatoms. The lowest BCUT2D eigenvalue weighted by Gasteiger charge is -2.20. The molecule has 1 aliphatic heterocycles. The first-order chi connectivity index (χ1) is 12.6. The van der Waals surface area contributed by atoms with Crippen molar-refractivity contribution in [3.05, 3.63) is 54.2 Å². The molecule has 132 valence electrons. The van der Waals surface area contributed by atoms with E-state index < -0.39 is 0 Å². The molecular weight excluding hydrogens is 322 g/mol. The number of aryl methyl sites for hydroxylation is 1. The van der Waals surface area contributed by atoms with Crippen LogP contribution in [0, 0.1) is 6.92 Å². The Morgan fingerprint density at radius 3 is 2.58 bits per heavy atom. The fraction of sp³-hybridized carbons (Fsp3) is 0.273. The van der Waals surface area contributed by atoms with Crippen molar-refractivity contribution in [3.8, 4) is 11.1 Å². The van der Waals surface area contributed by atoms with Crippen LogP contribution in [0.3, 0.4) is 0 Å². The van der Waals surface area contributed by atoms with Gasteiger partial charge in [0.25, 0.3) is 0 Å². The summed E-state index contributed by atoms with van der Waals surface area (Å²) in [4.78, 5) is 18.5. The minimum atomic E-state index is -0.0618. The average molecular weight is 345 g/mol. The molecule has 3 aromatic rings. The number of pyridine rings is 1. The van der Waals surface area contributed by atoms with Gasteiger partial charge >= 0.3 is 0 Å². The summed E-state index contributed by atoms with van der Waals surface area (Å²) in [5.41, 5.74) is 6.35. The Kier molecular flexibility index (Phi) is 4.33. The second kappa shape index (κ2) is 6.79. The number of carbonyl (C=O) groups is 1. The summed E-state index contributed by atoms with van der Waals surface area (Å²) >= 11 is 0. The Morgan fingerprint density at radius 2 is 1.81 bits per heavy atom. The second-order valence-electron chi connectivity index (χ2n) is 6.97. The van der Waals surface area contributed by atoms with Crippen LogP contribution in [0.15, 0.2) is 48.5 Å². The van der Waals surface area contributed by atoms with E-state index in [0.29, 0.717) is 0 Å². The van der Waals surface area contributed by atoms with Gasteiger partial charge in [0.2, 0.25) is 5.91 Å². The zero-order valence-electron chi connectivity index (χ0n) is 15.2. The summed E-state index contributed by atoms with van der Waals surface area (Å²) in [6.07, 6.45) is 2.52. The van der Waals surface area contributed by atoms with Gasteiger partial charge in [0, 0.05) is 42.5 Å². The number of fused-ring (bicyclic) bond motifs is 1. The van der Waals surface area contributed by atoms with Gasteiger partial charge in [-0.1, -0.05) is 24.3 Å². The summed E-state index contributed by atoms with van der Waals surface area (Å²) in [6, 6.07) is 16.6. The zero-order valence-corrected chi connectivity index (χ0v) is 15.2. The lowest BCUT2D eigenvalue weighted by Crippen LogP contribution is -2.18. The lowest BCUT2D eigenvalue weighted by atomic mass is 10.0. The van der Waals surface area contributed by atoms with Crippen molar-refractivity contribution in [3.63, 3.8) is 0 Å². The molecule has 0 unspecified atom stereocenters. The van der Waals surface area contributed by atoms with Crippen molar-refractivity contribution < 1.29 is 4.79 Å². The molecule has 1 amide bonds. The Morgan fingerprint density at radius 1 is 1.04 bits per heavy atom. The molecule has 26 heavy (non-hydrogen) atoms. The van der Waals surface area contributed by atoms with Gasteiger partial charge in [-0.25, -0.2) is 0 Å². The highest BCUT2D eigenvalue weighted by atomic mass is 16.1. The zero-order chi connectivity index (χ0) is 18.1. The highest BCUT2D eigenvalue weighted by Crippen LogP contribution is 2.32. The Balaban J connectivity index is 1.77. The summed E-state index contributed by atoms with van der Waals surface area (Å²) in [7, 11) is 0. The van der Waals surface area contributed by atoms with Gasteiger partial charge in [0.1, 0.15) is 0 Å². The first-order valence-electron chi connectivity index (χ1n) is 9.14. The molecule has 1 N–H and O–H groups in total. The van der Waals surface area contributed by atoms with Crippen LogP contribution in [0.2, 0.25) is 0 Å². The number of nitrogens with zero attached hydrogens (tertiary/aromatic N) is 2. The van der Waals surface area contributed by atoms with E-state index in [1.807, 2.05) is 18.2 Å². The minimum absolute atomic E-state index is 0.0618. The number of carbonyl (C=O) groups excluding carboxylic acids is 1. The van der Waals surface area contributed by atoms with Gasteiger partial charge in [-0.15, -0.1) is 0 Å². The first-order valence-corrected chi connectivity index (χ1v) is 9.14. The van der Waals surface area contributed by atoms with Gasteiger partial charge in [-0.05, 0) is 55.2 Å². The summed E-state index contributed by atoms with van der Waals surface area (Å²) in [5, 5.41) is 4.05. The quantitative estimate of drug-likeness (QED) is 0.744. The van der Waals surface area contributed by atoms with Crippen molar-refractivity contribution in [2.75, 3.05) is 23.3 Å². The van der Waals surface area contributed by atoms with E-state index >= 15 is 0 Å². The van der Waals surface area contributed by atoms with Crippen molar-refractivity contribution >= 4 is 28.2 Å². The minimum Gasteiger partial charge on any atom is -0.371 e. The molecule has 2 heterocycles. The normalized spacial score (nSPS) is 14.0. The topological polar surface area (TPSA) is 45.2 Å². The molecule has 0 saturated carbocycles. The number of hydrogen-bond donors (Lipinski definition) is 1. The van der Waals surface area contributed by atoms with Crippen molar-refractivity contribution in [2.24, 2.45) is 0 Å². The fourth-order valence-electron chi connectivity index (χ4n) is 3.72. The molecule has 0 radical (unpaired) electrons. The van der Waals surface area contributed by atoms with E-state index in [-0.39, 0.29) is 5.91 Å². The number of benzene rings is 2. The third-order valence-corrected chi connectivity index (χ3v) is 4.88. The van der Waals surface area contributed by atoms with Crippen LogP contribution in [0.1, 0.15) is 25.5 Å². The third-order valence-electron chi connectivity index (χ3n) is 4.88. The monoisotopic (exact) mass is 345 g/mol. The van der Waals surface area contributed by atoms with Crippen LogP contribution in [0.25, 0.3) is 22.0 Å². The van der Waals surface area contributed by atoms with E-state index in [2.05, 4.69) is 47.5 Å². The number of hydrogen-bond acceptors (Lipinski definition) is 3. The van der Waals surface area contributed by atoms with Gasteiger partial charge in [-0.2, -0.15) is 0 Å². The lowest BCUT2D eigenvalue weighted by molar-refractivity contribution is -0.114. The number of aromatic nitrogens is 1. The van der Waals surface area contributed by atoms with E-state index in [0.717, 1.165) is 41.1 Å². The maximum absolute atomic E-state index is 11.3. The van der Waals surface area contributed by atoms with Gasteiger partial charge in [0.05, 0.1) is 5.52 Å². The average Bonchev–Trinajstić information content (AvgIpc) is 3.14. The number of amides is 1. The van der Waals surface area contributed by atoms with E-state index in [4.69, 9.17) is 4.98 Å². The Labute approximate surface area is 153 Å². The molecule has 1 aromatic heterocycles. The van der Waals surface area contributed by atoms with Gasteiger partial charge in [0.15, 0.2) is 0 Å². The largest absolute Gasteiger partial charge is 0.371 e. The number of anilines is 2. The molecule has 4 nitrogen and oxygen atoms in total. The molecule has 0 spiro atoms. The van der Waals surface area contributed by atoms with Gasteiger partial charge in [-0.3, -0.25) is 9.78 Å².